The van der Waals surface area contributed by atoms with Crippen molar-refractivity contribution < 1.29 is 0 Å². The van der Waals surface area contributed by atoms with Crippen LogP contribution in [0.1, 0.15) is 53.9 Å². The third kappa shape index (κ3) is 4.37. The van der Waals surface area contributed by atoms with E-state index in [0.717, 1.165) is 5.92 Å². The normalized spacial score (nSPS) is 24.6. The summed E-state index contributed by atoms with van der Waals surface area (Å²) in [6, 6.07) is 0. The van der Waals surface area contributed by atoms with Gasteiger partial charge in [0.2, 0.25) is 0 Å². The third-order valence-corrected chi connectivity index (χ3v) is 5.41. The van der Waals surface area contributed by atoms with Crippen molar-refractivity contribution in [3.05, 3.63) is 9.81 Å². The maximum absolute atomic E-state index is 2.42. The molecule has 0 aromatic carbocycles. The number of rotatable bonds is 4. The van der Waals surface area contributed by atoms with Crippen molar-refractivity contribution in [2.45, 2.75) is 53.9 Å². The Morgan fingerprint density at radius 1 is 1.25 bits per heavy atom. The van der Waals surface area contributed by atoms with Crippen LogP contribution >= 0.6 is 23.5 Å². The molecule has 1 fully saturated rings. The van der Waals surface area contributed by atoms with Crippen LogP contribution < -0.4 is 0 Å². The fourth-order valence-electron chi connectivity index (χ4n) is 2.82. The Labute approximate surface area is 110 Å². The zero-order valence-corrected chi connectivity index (χ0v) is 13.1. The van der Waals surface area contributed by atoms with E-state index in [2.05, 4.69) is 58.1 Å². The van der Waals surface area contributed by atoms with Crippen molar-refractivity contribution in [1.29, 1.82) is 0 Å². The molecule has 0 amide bonds. The van der Waals surface area contributed by atoms with E-state index in [1.165, 1.54) is 30.8 Å². The van der Waals surface area contributed by atoms with Gasteiger partial charge in [-0.15, -0.1) is 23.5 Å². The van der Waals surface area contributed by atoms with Gasteiger partial charge in [0.15, 0.2) is 0 Å². The lowest BCUT2D eigenvalue weighted by Crippen LogP contribution is -2.23. The summed E-state index contributed by atoms with van der Waals surface area (Å²) in [5.74, 6) is 3.28. The summed E-state index contributed by atoms with van der Waals surface area (Å²) in [6.07, 6.45) is 4.03. The lowest BCUT2D eigenvalue weighted by molar-refractivity contribution is 0.234. The molecule has 1 rings (SSSR count). The van der Waals surface area contributed by atoms with Crippen molar-refractivity contribution >= 4 is 23.5 Å². The fourth-order valence-corrected chi connectivity index (χ4v) is 5.11. The number of hydrogen-bond acceptors (Lipinski definition) is 2. The average molecular weight is 258 g/mol. The highest BCUT2D eigenvalue weighted by molar-refractivity contribution is 8.22. The molecule has 0 aromatic heterocycles. The molecule has 1 aliphatic rings. The minimum Gasteiger partial charge on any atom is -0.120 e. The van der Waals surface area contributed by atoms with Gasteiger partial charge in [0.1, 0.15) is 0 Å². The smallest absolute Gasteiger partial charge is 0.0393 e. The summed E-state index contributed by atoms with van der Waals surface area (Å²) in [7, 11) is 0. The van der Waals surface area contributed by atoms with Gasteiger partial charge >= 0.3 is 0 Å². The van der Waals surface area contributed by atoms with Gasteiger partial charge in [-0.25, -0.2) is 0 Å². The minimum atomic E-state index is 0.515. The molecule has 1 atom stereocenters. The van der Waals surface area contributed by atoms with Gasteiger partial charge in [-0.3, -0.25) is 0 Å². The molecule has 0 aromatic rings. The number of thioether (sulfide) groups is 2. The SMILES string of the molecule is CCSC(SCC)=C1CC(C)CC(C)(C)C1. The second-order valence-corrected chi connectivity index (χ2v) is 8.42. The number of hydrogen-bond donors (Lipinski definition) is 0. The van der Waals surface area contributed by atoms with Crippen LogP contribution in [0.2, 0.25) is 0 Å². The van der Waals surface area contributed by atoms with Gasteiger partial charge < -0.3 is 0 Å². The van der Waals surface area contributed by atoms with E-state index in [1.807, 2.05) is 0 Å². The van der Waals surface area contributed by atoms with Crippen LogP contribution in [0.25, 0.3) is 0 Å². The summed E-state index contributed by atoms with van der Waals surface area (Å²) in [5, 5.41) is 0. The predicted octanol–water partition coefficient (Wildman–Crippen LogP) is 5.55. The standard InChI is InChI=1S/C14H26S2/c1-6-15-13(16-7-2)12-8-11(3)9-14(4,5)10-12/h11H,6-10H2,1-5H3. The number of allylic oxidation sites excluding steroid dienone is 1. The first kappa shape index (κ1) is 14.5. The molecule has 1 aliphatic carbocycles. The lowest BCUT2D eigenvalue weighted by atomic mass is 9.71. The summed E-state index contributed by atoms with van der Waals surface area (Å²) >= 11 is 4.11. The highest BCUT2D eigenvalue weighted by atomic mass is 32.2. The lowest BCUT2D eigenvalue weighted by Gasteiger charge is -2.36. The van der Waals surface area contributed by atoms with Crippen molar-refractivity contribution in [2.75, 3.05) is 11.5 Å². The molecule has 0 bridgehead atoms. The van der Waals surface area contributed by atoms with Crippen LogP contribution in [-0.2, 0) is 0 Å². The van der Waals surface area contributed by atoms with Gasteiger partial charge in [0.25, 0.3) is 0 Å². The molecular weight excluding hydrogens is 232 g/mol. The molecule has 0 radical (unpaired) electrons. The Morgan fingerprint density at radius 2 is 1.81 bits per heavy atom. The van der Waals surface area contributed by atoms with E-state index in [9.17, 15) is 0 Å². The summed E-state index contributed by atoms with van der Waals surface area (Å²) in [4.78, 5) is 0. The third-order valence-electron chi connectivity index (χ3n) is 3.03. The molecule has 94 valence electrons. The summed E-state index contributed by atoms with van der Waals surface area (Å²) in [6.45, 7) is 11.8. The van der Waals surface area contributed by atoms with Crippen LogP contribution in [0.3, 0.4) is 0 Å². The molecule has 0 N–H and O–H groups in total. The van der Waals surface area contributed by atoms with Gasteiger partial charge in [0.05, 0.1) is 0 Å². The van der Waals surface area contributed by atoms with Crippen LogP contribution in [0.5, 0.6) is 0 Å². The fraction of sp³-hybridized carbons (Fsp3) is 0.857. The maximum atomic E-state index is 2.42. The van der Waals surface area contributed by atoms with Crippen LogP contribution in [-0.4, -0.2) is 11.5 Å². The minimum absolute atomic E-state index is 0.515. The first-order valence-corrected chi connectivity index (χ1v) is 8.43. The van der Waals surface area contributed by atoms with E-state index in [-0.39, 0.29) is 0 Å². The van der Waals surface area contributed by atoms with Gasteiger partial charge in [-0.05, 0) is 47.7 Å². The van der Waals surface area contributed by atoms with E-state index in [1.54, 1.807) is 9.81 Å². The van der Waals surface area contributed by atoms with Crippen molar-refractivity contribution in [3.8, 4) is 0 Å². The quantitative estimate of drug-likeness (QED) is 0.648. The monoisotopic (exact) mass is 258 g/mol. The molecule has 1 saturated carbocycles. The second kappa shape index (κ2) is 6.39. The Hall–Kier alpha value is 0.440. The molecule has 1 unspecified atom stereocenters. The Balaban J connectivity index is 2.84. The highest BCUT2D eigenvalue weighted by Crippen LogP contribution is 2.46. The first-order chi connectivity index (χ1) is 7.48. The maximum Gasteiger partial charge on any atom is 0.0393 e. The van der Waals surface area contributed by atoms with Gasteiger partial charge in [-0.1, -0.05) is 34.6 Å². The Kier molecular flexibility index (Phi) is 5.79. The largest absolute Gasteiger partial charge is 0.120 e. The van der Waals surface area contributed by atoms with Crippen LogP contribution in [0.4, 0.5) is 0 Å². The van der Waals surface area contributed by atoms with Crippen molar-refractivity contribution in [3.63, 3.8) is 0 Å². The second-order valence-electron chi connectivity index (χ2n) is 5.61. The van der Waals surface area contributed by atoms with E-state index >= 15 is 0 Å². The Morgan fingerprint density at radius 3 is 2.25 bits per heavy atom. The molecule has 16 heavy (non-hydrogen) atoms. The topological polar surface area (TPSA) is 0 Å². The molecule has 0 nitrogen and oxygen atoms in total. The van der Waals surface area contributed by atoms with E-state index in [4.69, 9.17) is 0 Å². The predicted molar refractivity (Wildman–Crippen MR) is 80.1 cm³/mol. The summed E-state index contributed by atoms with van der Waals surface area (Å²) < 4.78 is 1.63. The zero-order chi connectivity index (χ0) is 12.2. The summed E-state index contributed by atoms with van der Waals surface area (Å²) in [5.41, 5.74) is 2.25. The van der Waals surface area contributed by atoms with Gasteiger partial charge in [0, 0.05) is 4.24 Å². The molecule has 0 heterocycles. The molecular formula is C14H26S2. The highest BCUT2D eigenvalue weighted by Gasteiger charge is 2.30. The van der Waals surface area contributed by atoms with Gasteiger partial charge in [-0.2, -0.15) is 0 Å². The van der Waals surface area contributed by atoms with Crippen molar-refractivity contribution in [1.82, 2.24) is 0 Å². The molecule has 2 heteroatoms. The van der Waals surface area contributed by atoms with E-state index < -0.39 is 0 Å². The van der Waals surface area contributed by atoms with Crippen LogP contribution in [0.15, 0.2) is 9.81 Å². The Bertz CT molecular complexity index is 245. The molecule has 0 spiro atoms. The van der Waals surface area contributed by atoms with Crippen molar-refractivity contribution in [2.24, 2.45) is 11.3 Å². The van der Waals surface area contributed by atoms with E-state index in [0.29, 0.717) is 5.41 Å². The zero-order valence-electron chi connectivity index (χ0n) is 11.4. The van der Waals surface area contributed by atoms with Crippen LogP contribution in [0, 0.1) is 11.3 Å². The molecule has 0 aliphatic heterocycles. The average Bonchev–Trinajstić information content (AvgIpc) is 2.14. The first-order valence-electron chi connectivity index (χ1n) is 6.46. The molecule has 0 saturated heterocycles.